The molecule has 1 N–H and O–H groups in total. The summed E-state index contributed by atoms with van der Waals surface area (Å²) in [4.78, 5) is 38.5. The number of likely N-dealkylation sites (N-methyl/N-ethyl adjacent to an activating group) is 1. The van der Waals surface area contributed by atoms with Crippen molar-refractivity contribution in [2.45, 2.75) is 33.9 Å². The molecule has 1 aromatic heterocycles. The van der Waals surface area contributed by atoms with Crippen LogP contribution in [0, 0.1) is 13.8 Å². The van der Waals surface area contributed by atoms with Gasteiger partial charge in [-0.25, -0.2) is 14.6 Å². The number of carbonyl (C=O) groups excluding carboxylic acids is 1. The molecule has 0 radical (unpaired) electrons. The lowest BCUT2D eigenvalue weighted by atomic mass is 9.94. The zero-order chi connectivity index (χ0) is 27.2. The normalized spacial score (nSPS) is 10.8. The standard InChI is InChI=1S/C29H31N3O6/c1-5-31(4)26(33)18-37-25-13-19(2)27(20(3)14-25)23-8-6-7-22(15-23)17-36-24-11-9-21(10-12-24)16-32-28(34)30-29(35)38-32/h6-15H,5,16-18H2,1-4H3,(H,30,34,35). The van der Waals surface area contributed by atoms with Crippen LogP contribution in [0.15, 0.2) is 74.8 Å². The second kappa shape index (κ2) is 11.7. The zero-order valence-corrected chi connectivity index (χ0v) is 21.9. The molecule has 9 nitrogen and oxygen atoms in total. The fourth-order valence-electron chi connectivity index (χ4n) is 4.15. The Labute approximate surface area is 220 Å². The minimum Gasteiger partial charge on any atom is -0.489 e. The number of nitrogens with zero attached hydrogens (tertiary/aromatic N) is 2. The van der Waals surface area contributed by atoms with Crippen LogP contribution >= 0.6 is 0 Å². The number of benzene rings is 3. The van der Waals surface area contributed by atoms with Crippen molar-refractivity contribution in [2.24, 2.45) is 0 Å². The van der Waals surface area contributed by atoms with Gasteiger partial charge in [0.2, 0.25) is 0 Å². The van der Waals surface area contributed by atoms with Crippen LogP contribution < -0.4 is 20.9 Å². The molecule has 198 valence electrons. The van der Waals surface area contributed by atoms with Crippen molar-refractivity contribution < 1.29 is 18.8 Å². The molecule has 0 aliphatic rings. The Bertz CT molecular complexity index is 1510. The second-order valence-corrected chi connectivity index (χ2v) is 9.11. The number of rotatable bonds is 10. The molecule has 1 amide bonds. The van der Waals surface area contributed by atoms with Crippen molar-refractivity contribution in [1.82, 2.24) is 14.6 Å². The fraction of sp³-hybridized carbons (Fsp3) is 0.276. The molecule has 9 heteroatoms. The number of nitrogens with one attached hydrogen (secondary N) is 1. The molecule has 0 fully saturated rings. The Hall–Kier alpha value is -4.53. The van der Waals surface area contributed by atoms with E-state index in [4.69, 9.17) is 14.0 Å². The summed E-state index contributed by atoms with van der Waals surface area (Å²) < 4.78 is 17.5. The van der Waals surface area contributed by atoms with Crippen LogP contribution in [-0.2, 0) is 17.9 Å². The number of ether oxygens (including phenoxy) is 2. The number of hydrogen-bond donors (Lipinski definition) is 1. The van der Waals surface area contributed by atoms with Gasteiger partial charge in [0.25, 0.3) is 5.91 Å². The van der Waals surface area contributed by atoms with E-state index < -0.39 is 11.4 Å². The molecule has 0 saturated carbocycles. The monoisotopic (exact) mass is 517 g/mol. The summed E-state index contributed by atoms with van der Waals surface area (Å²) in [6.45, 7) is 7.17. The maximum atomic E-state index is 12.1. The van der Waals surface area contributed by atoms with E-state index in [1.165, 1.54) is 0 Å². The highest BCUT2D eigenvalue weighted by atomic mass is 16.5. The average Bonchev–Trinajstić information content (AvgIpc) is 3.22. The molecule has 0 unspecified atom stereocenters. The molecule has 3 aromatic carbocycles. The molecule has 38 heavy (non-hydrogen) atoms. The summed E-state index contributed by atoms with van der Waals surface area (Å²) in [6, 6.07) is 19.3. The first-order valence-electron chi connectivity index (χ1n) is 12.3. The van der Waals surface area contributed by atoms with Gasteiger partial charge in [-0.1, -0.05) is 30.3 Å². The van der Waals surface area contributed by atoms with Crippen LogP contribution in [0.5, 0.6) is 11.5 Å². The van der Waals surface area contributed by atoms with Crippen molar-refractivity contribution in [3.05, 3.63) is 104 Å². The summed E-state index contributed by atoms with van der Waals surface area (Å²) in [5, 5.41) is 0. The molecule has 1 heterocycles. The minimum atomic E-state index is -0.779. The van der Waals surface area contributed by atoms with E-state index in [-0.39, 0.29) is 19.1 Å². The van der Waals surface area contributed by atoms with Crippen LogP contribution in [0.4, 0.5) is 0 Å². The first-order valence-corrected chi connectivity index (χ1v) is 12.3. The van der Waals surface area contributed by atoms with E-state index in [9.17, 15) is 14.4 Å². The Balaban J connectivity index is 1.41. The predicted molar refractivity (Wildman–Crippen MR) is 144 cm³/mol. The Kier molecular flexibility index (Phi) is 8.15. The number of aromatic nitrogens is 2. The van der Waals surface area contributed by atoms with Gasteiger partial charge in [-0.15, -0.1) is 4.74 Å². The third-order valence-electron chi connectivity index (χ3n) is 6.27. The molecule has 0 aliphatic heterocycles. The first kappa shape index (κ1) is 26.5. The highest BCUT2D eigenvalue weighted by Gasteiger charge is 2.12. The van der Waals surface area contributed by atoms with Crippen LogP contribution in [-0.4, -0.2) is 40.7 Å². The molecule has 4 aromatic rings. The van der Waals surface area contributed by atoms with Gasteiger partial charge in [-0.3, -0.25) is 4.79 Å². The molecular weight excluding hydrogens is 486 g/mol. The fourth-order valence-corrected chi connectivity index (χ4v) is 4.15. The zero-order valence-electron chi connectivity index (χ0n) is 21.9. The molecule has 0 spiro atoms. The highest BCUT2D eigenvalue weighted by Crippen LogP contribution is 2.32. The van der Waals surface area contributed by atoms with E-state index in [1.807, 2.05) is 69.3 Å². The molecule has 0 atom stereocenters. The van der Waals surface area contributed by atoms with Gasteiger partial charge in [-0.2, -0.15) is 0 Å². The highest BCUT2D eigenvalue weighted by molar-refractivity contribution is 5.77. The van der Waals surface area contributed by atoms with Crippen molar-refractivity contribution >= 4 is 5.91 Å². The summed E-state index contributed by atoms with van der Waals surface area (Å²) in [6.07, 6.45) is 0. The molecular formula is C29H31N3O6. The van der Waals surface area contributed by atoms with Crippen molar-refractivity contribution in [1.29, 1.82) is 0 Å². The lowest BCUT2D eigenvalue weighted by molar-refractivity contribution is -0.131. The summed E-state index contributed by atoms with van der Waals surface area (Å²) in [7, 11) is 1.76. The molecule has 0 saturated heterocycles. The smallest absolute Gasteiger partial charge is 0.440 e. The van der Waals surface area contributed by atoms with E-state index in [1.54, 1.807) is 11.9 Å². The second-order valence-electron chi connectivity index (χ2n) is 9.11. The lowest BCUT2D eigenvalue weighted by Gasteiger charge is -2.17. The largest absolute Gasteiger partial charge is 0.489 e. The lowest BCUT2D eigenvalue weighted by Crippen LogP contribution is -2.31. The van der Waals surface area contributed by atoms with Gasteiger partial charge in [0, 0.05) is 13.6 Å². The number of aryl methyl sites for hydroxylation is 2. The van der Waals surface area contributed by atoms with Gasteiger partial charge < -0.3 is 18.9 Å². The SMILES string of the molecule is CCN(C)C(=O)COc1cc(C)c(-c2cccc(COc3ccc(Cn4oc(=O)[nH]c4=O)cc3)c2)c(C)c1. The van der Waals surface area contributed by atoms with Crippen LogP contribution in [0.25, 0.3) is 11.1 Å². The quantitative estimate of drug-likeness (QED) is 0.342. The maximum Gasteiger partial charge on any atom is 0.440 e. The van der Waals surface area contributed by atoms with E-state index in [0.717, 1.165) is 38.1 Å². The Morgan fingerprint density at radius 1 is 0.947 bits per heavy atom. The third kappa shape index (κ3) is 6.42. The maximum absolute atomic E-state index is 12.1. The number of hydrogen-bond acceptors (Lipinski definition) is 6. The van der Waals surface area contributed by atoms with E-state index in [2.05, 4.69) is 17.1 Å². The Morgan fingerprint density at radius 2 is 1.66 bits per heavy atom. The van der Waals surface area contributed by atoms with E-state index >= 15 is 0 Å². The van der Waals surface area contributed by atoms with Gasteiger partial charge >= 0.3 is 11.4 Å². The average molecular weight is 518 g/mol. The number of amides is 1. The van der Waals surface area contributed by atoms with Crippen LogP contribution in [0.3, 0.4) is 0 Å². The topological polar surface area (TPSA) is 107 Å². The number of carbonyl (C=O) groups is 1. The van der Waals surface area contributed by atoms with Crippen LogP contribution in [0.2, 0.25) is 0 Å². The van der Waals surface area contributed by atoms with Gasteiger partial charge in [0.1, 0.15) is 18.1 Å². The van der Waals surface area contributed by atoms with Crippen LogP contribution in [0.1, 0.15) is 29.2 Å². The summed E-state index contributed by atoms with van der Waals surface area (Å²) >= 11 is 0. The van der Waals surface area contributed by atoms with Gasteiger partial charge in [-0.05, 0) is 84.5 Å². The predicted octanol–water partition coefficient (Wildman–Crippen LogP) is 3.90. The van der Waals surface area contributed by atoms with Gasteiger partial charge in [0.05, 0.1) is 6.54 Å². The Morgan fingerprint density at radius 3 is 2.29 bits per heavy atom. The van der Waals surface area contributed by atoms with Crippen molar-refractivity contribution in [2.75, 3.05) is 20.2 Å². The molecule has 4 rings (SSSR count). The molecule has 0 aliphatic carbocycles. The number of H-pyrrole nitrogens is 1. The summed E-state index contributed by atoms with van der Waals surface area (Å²) in [5.74, 6) is 0.518. The third-order valence-corrected chi connectivity index (χ3v) is 6.27. The number of aromatic amines is 1. The molecule has 0 bridgehead atoms. The van der Waals surface area contributed by atoms with Crippen molar-refractivity contribution in [3.63, 3.8) is 0 Å². The van der Waals surface area contributed by atoms with Crippen molar-refractivity contribution in [3.8, 4) is 22.6 Å². The van der Waals surface area contributed by atoms with E-state index in [0.29, 0.717) is 24.7 Å². The van der Waals surface area contributed by atoms with Gasteiger partial charge in [0.15, 0.2) is 6.61 Å². The minimum absolute atomic E-state index is 0.0113. The summed E-state index contributed by atoms with van der Waals surface area (Å²) in [5.41, 5.74) is 5.53. The first-order chi connectivity index (χ1) is 18.2.